The molecule has 1 unspecified atom stereocenters. The molecule has 1 aliphatic rings. The Bertz CT molecular complexity index is 427. The molecule has 1 atom stereocenters. The maximum atomic E-state index is 13.5. The van der Waals surface area contributed by atoms with E-state index in [1.165, 1.54) is 6.07 Å². The van der Waals surface area contributed by atoms with Crippen molar-refractivity contribution in [3.63, 3.8) is 0 Å². The third kappa shape index (κ3) is 3.20. The molecule has 18 heavy (non-hydrogen) atoms. The van der Waals surface area contributed by atoms with E-state index in [-0.39, 0.29) is 18.3 Å². The molecular weight excluding hydrogens is 303 g/mol. The van der Waals surface area contributed by atoms with Gasteiger partial charge in [0.05, 0.1) is 6.61 Å². The van der Waals surface area contributed by atoms with Crippen LogP contribution in [0.5, 0.6) is 0 Å². The Morgan fingerprint density at radius 1 is 1.61 bits per heavy atom. The molecule has 0 spiro atoms. The molecule has 1 aromatic rings. The van der Waals surface area contributed by atoms with Crippen molar-refractivity contribution in [1.29, 1.82) is 0 Å². The van der Waals surface area contributed by atoms with Crippen LogP contribution in [-0.4, -0.2) is 19.0 Å². The van der Waals surface area contributed by atoms with E-state index in [4.69, 9.17) is 15.3 Å². The SMILES string of the molecule is N/C(=N\OCc1c(F)cccc1Br)C1CCOC1. The lowest BCUT2D eigenvalue weighted by Crippen LogP contribution is -2.24. The minimum absolute atomic E-state index is 0.0432. The number of hydrogen-bond acceptors (Lipinski definition) is 3. The van der Waals surface area contributed by atoms with Crippen molar-refractivity contribution in [2.45, 2.75) is 13.0 Å². The summed E-state index contributed by atoms with van der Waals surface area (Å²) >= 11 is 3.26. The number of amidine groups is 1. The van der Waals surface area contributed by atoms with Gasteiger partial charge in [0.15, 0.2) is 0 Å². The number of benzene rings is 1. The number of oxime groups is 1. The van der Waals surface area contributed by atoms with Crippen molar-refractivity contribution in [1.82, 2.24) is 0 Å². The highest BCUT2D eigenvalue weighted by atomic mass is 79.9. The van der Waals surface area contributed by atoms with Crippen molar-refractivity contribution < 1.29 is 14.0 Å². The number of halogens is 2. The minimum Gasteiger partial charge on any atom is -0.389 e. The van der Waals surface area contributed by atoms with Crippen molar-refractivity contribution >= 4 is 21.8 Å². The Hall–Kier alpha value is -1.14. The summed E-state index contributed by atoms with van der Waals surface area (Å²) in [6, 6.07) is 4.75. The molecule has 1 aliphatic heterocycles. The highest BCUT2D eigenvalue weighted by molar-refractivity contribution is 9.10. The fourth-order valence-corrected chi connectivity index (χ4v) is 2.14. The molecular formula is C12H14BrFN2O2. The van der Waals surface area contributed by atoms with Crippen molar-refractivity contribution in [3.8, 4) is 0 Å². The van der Waals surface area contributed by atoms with Crippen LogP contribution in [0.25, 0.3) is 0 Å². The number of nitrogens with zero attached hydrogens (tertiary/aromatic N) is 1. The molecule has 0 amide bonds. The highest BCUT2D eigenvalue weighted by Gasteiger charge is 2.20. The number of rotatable bonds is 4. The molecule has 0 aromatic heterocycles. The molecule has 0 bridgehead atoms. The first-order valence-electron chi connectivity index (χ1n) is 5.64. The van der Waals surface area contributed by atoms with Gasteiger partial charge >= 0.3 is 0 Å². The van der Waals surface area contributed by atoms with Gasteiger partial charge in [-0.1, -0.05) is 27.2 Å². The largest absolute Gasteiger partial charge is 0.389 e. The monoisotopic (exact) mass is 316 g/mol. The Morgan fingerprint density at radius 2 is 2.44 bits per heavy atom. The predicted octanol–water partition coefficient (Wildman–Crippen LogP) is 2.41. The number of hydrogen-bond donors (Lipinski definition) is 1. The summed E-state index contributed by atoms with van der Waals surface area (Å²) in [5.41, 5.74) is 6.19. The van der Waals surface area contributed by atoms with Gasteiger partial charge in [0.25, 0.3) is 0 Å². The maximum absolute atomic E-state index is 13.5. The summed E-state index contributed by atoms with van der Waals surface area (Å²) in [5.74, 6) is 0.177. The van der Waals surface area contributed by atoms with Gasteiger partial charge in [-0.2, -0.15) is 0 Å². The fourth-order valence-electron chi connectivity index (χ4n) is 1.68. The second-order valence-corrected chi connectivity index (χ2v) is 4.90. The Labute approximate surface area is 113 Å². The van der Waals surface area contributed by atoms with Gasteiger partial charge in [0.1, 0.15) is 18.3 Å². The smallest absolute Gasteiger partial charge is 0.146 e. The van der Waals surface area contributed by atoms with E-state index in [0.717, 1.165) is 6.42 Å². The first-order valence-corrected chi connectivity index (χ1v) is 6.43. The van der Waals surface area contributed by atoms with E-state index in [0.29, 0.717) is 29.1 Å². The molecule has 1 heterocycles. The van der Waals surface area contributed by atoms with Crippen molar-refractivity contribution in [3.05, 3.63) is 34.1 Å². The summed E-state index contributed by atoms with van der Waals surface area (Å²) < 4.78 is 19.3. The summed E-state index contributed by atoms with van der Waals surface area (Å²) in [5, 5.41) is 3.81. The maximum Gasteiger partial charge on any atom is 0.146 e. The van der Waals surface area contributed by atoms with Gasteiger partial charge in [0, 0.05) is 22.6 Å². The molecule has 6 heteroatoms. The van der Waals surface area contributed by atoms with Crippen LogP contribution in [0.2, 0.25) is 0 Å². The first kappa shape index (κ1) is 13.3. The van der Waals surface area contributed by atoms with Crippen LogP contribution in [0, 0.1) is 11.7 Å². The second kappa shape index (κ2) is 6.15. The van der Waals surface area contributed by atoms with Gasteiger partial charge in [-0.15, -0.1) is 0 Å². The molecule has 0 aliphatic carbocycles. The number of ether oxygens (including phenoxy) is 1. The van der Waals surface area contributed by atoms with E-state index < -0.39 is 0 Å². The predicted molar refractivity (Wildman–Crippen MR) is 69.4 cm³/mol. The Morgan fingerprint density at radius 3 is 3.11 bits per heavy atom. The molecule has 2 rings (SSSR count). The standard InChI is InChI=1S/C12H14BrFN2O2/c13-10-2-1-3-11(14)9(10)7-18-16-12(15)8-4-5-17-6-8/h1-3,8H,4-7H2,(H2,15,16). The van der Waals surface area contributed by atoms with Gasteiger partial charge in [-0.25, -0.2) is 4.39 Å². The van der Waals surface area contributed by atoms with Crippen LogP contribution in [0.15, 0.2) is 27.8 Å². The molecule has 0 saturated carbocycles. The lowest BCUT2D eigenvalue weighted by molar-refractivity contribution is 0.124. The molecule has 1 fully saturated rings. The minimum atomic E-state index is -0.331. The van der Waals surface area contributed by atoms with Crippen molar-refractivity contribution in [2.75, 3.05) is 13.2 Å². The van der Waals surface area contributed by atoms with Gasteiger partial charge in [-0.05, 0) is 18.6 Å². The second-order valence-electron chi connectivity index (χ2n) is 4.05. The first-order chi connectivity index (χ1) is 8.68. The summed E-state index contributed by atoms with van der Waals surface area (Å²) in [7, 11) is 0. The van der Waals surface area contributed by atoms with Crippen LogP contribution in [0.3, 0.4) is 0 Å². The average molecular weight is 317 g/mol. The summed E-state index contributed by atoms with van der Waals surface area (Å²) in [6.45, 7) is 1.31. The van der Waals surface area contributed by atoms with Crippen LogP contribution >= 0.6 is 15.9 Å². The van der Waals surface area contributed by atoms with Gasteiger partial charge in [0.2, 0.25) is 0 Å². The molecule has 1 aromatic carbocycles. The van der Waals surface area contributed by atoms with E-state index in [1.807, 2.05) is 0 Å². The van der Waals surface area contributed by atoms with Crippen LogP contribution in [0.4, 0.5) is 4.39 Å². The lowest BCUT2D eigenvalue weighted by Gasteiger charge is -2.08. The zero-order chi connectivity index (χ0) is 13.0. The van der Waals surface area contributed by atoms with Crippen molar-refractivity contribution in [2.24, 2.45) is 16.8 Å². The topological polar surface area (TPSA) is 56.8 Å². The quantitative estimate of drug-likeness (QED) is 0.527. The third-order valence-electron chi connectivity index (χ3n) is 2.79. The summed E-state index contributed by atoms with van der Waals surface area (Å²) in [6.07, 6.45) is 0.849. The van der Waals surface area contributed by atoms with E-state index in [2.05, 4.69) is 21.1 Å². The number of nitrogens with two attached hydrogens (primary N) is 1. The Kier molecular flexibility index (Phi) is 4.54. The Balaban J connectivity index is 1.93. The molecule has 4 nitrogen and oxygen atoms in total. The van der Waals surface area contributed by atoms with Crippen LogP contribution in [-0.2, 0) is 16.2 Å². The zero-order valence-electron chi connectivity index (χ0n) is 9.73. The van der Waals surface area contributed by atoms with E-state index >= 15 is 0 Å². The highest BCUT2D eigenvalue weighted by Crippen LogP contribution is 2.20. The molecule has 2 N–H and O–H groups in total. The van der Waals surface area contributed by atoms with Crippen LogP contribution < -0.4 is 5.73 Å². The zero-order valence-corrected chi connectivity index (χ0v) is 11.3. The molecule has 98 valence electrons. The normalized spacial score (nSPS) is 20.1. The molecule has 0 radical (unpaired) electrons. The average Bonchev–Trinajstić information content (AvgIpc) is 2.86. The lowest BCUT2D eigenvalue weighted by atomic mass is 10.1. The molecule has 1 saturated heterocycles. The third-order valence-corrected chi connectivity index (χ3v) is 3.53. The summed E-state index contributed by atoms with van der Waals surface area (Å²) in [4.78, 5) is 5.09. The fraction of sp³-hybridized carbons (Fsp3) is 0.417. The van der Waals surface area contributed by atoms with Gasteiger partial charge in [-0.3, -0.25) is 0 Å². The van der Waals surface area contributed by atoms with E-state index in [1.54, 1.807) is 12.1 Å². The van der Waals surface area contributed by atoms with Gasteiger partial charge < -0.3 is 15.3 Å². The van der Waals surface area contributed by atoms with Crippen LogP contribution in [0.1, 0.15) is 12.0 Å². The van der Waals surface area contributed by atoms with E-state index in [9.17, 15) is 4.39 Å².